The average molecular weight is 371 g/mol. The van der Waals surface area contributed by atoms with Gasteiger partial charge in [-0.3, -0.25) is 9.59 Å². The molecule has 2 rings (SSSR count). The number of ether oxygens (including phenoxy) is 3. The molecule has 0 radical (unpaired) electrons. The van der Waals surface area contributed by atoms with Crippen molar-refractivity contribution in [3.8, 4) is 17.2 Å². The van der Waals surface area contributed by atoms with Crippen LogP contribution in [0.5, 0.6) is 17.2 Å². The molecule has 0 aliphatic heterocycles. The fourth-order valence-electron chi connectivity index (χ4n) is 2.24. The van der Waals surface area contributed by atoms with Gasteiger partial charge in [0.15, 0.2) is 11.5 Å². The Bertz CT molecular complexity index is 836. The second-order valence-electron chi connectivity index (χ2n) is 5.33. The number of anilines is 1. The van der Waals surface area contributed by atoms with Crippen LogP contribution in [0, 0.1) is 0 Å². The van der Waals surface area contributed by atoms with Gasteiger partial charge in [-0.25, -0.2) is 5.43 Å². The third kappa shape index (κ3) is 5.74. The summed E-state index contributed by atoms with van der Waals surface area (Å²) in [5, 5.41) is 6.46. The van der Waals surface area contributed by atoms with Gasteiger partial charge in [0.2, 0.25) is 11.8 Å². The Hall–Kier alpha value is -3.55. The highest BCUT2D eigenvalue weighted by molar-refractivity contribution is 6.04. The van der Waals surface area contributed by atoms with Gasteiger partial charge in [-0.2, -0.15) is 5.10 Å². The summed E-state index contributed by atoms with van der Waals surface area (Å²) < 4.78 is 15.5. The molecule has 0 saturated carbocycles. The minimum absolute atomic E-state index is 0.374. The number of nitrogens with zero attached hydrogens (tertiary/aromatic N) is 1. The van der Waals surface area contributed by atoms with E-state index in [9.17, 15) is 9.59 Å². The van der Waals surface area contributed by atoms with Crippen LogP contribution in [0.2, 0.25) is 0 Å². The Morgan fingerprint density at radius 1 is 0.926 bits per heavy atom. The number of hydrogen-bond acceptors (Lipinski definition) is 6. The van der Waals surface area contributed by atoms with Crippen LogP contribution in [-0.4, -0.2) is 39.4 Å². The van der Waals surface area contributed by atoms with Crippen LogP contribution in [0.4, 0.5) is 5.69 Å². The number of carbonyl (C=O) groups is 2. The van der Waals surface area contributed by atoms with Gasteiger partial charge < -0.3 is 19.5 Å². The molecule has 0 heterocycles. The van der Waals surface area contributed by atoms with Crippen LogP contribution in [0.25, 0.3) is 0 Å². The lowest BCUT2D eigenvalue weighted by Gasteiger charge is -2.09. The predicted octanol–water partition coefficient (Wildman–Crippen LogP) is 2.19. The van der Waals surface area contributed by atoms with Crippen molar-refractivity contribution < 1.29 is 23.8 Å². The first-order valence-electron chi connectivity index (χ1n) is 8.04. The molecule has 2 aromatic carbocycles. The first-order valence-corrected chi connectivity index (χ1v) is 8.04. The van der Waals surface area contributed by atoms with Crippen LogP contribution in [0.3, 0.4) is 0 Å². The molecular formula is C19H21N3O5. The quantitative estimate of drug-likeness (QED) is 0.421. The van der Waals surface area contributed by atoms with E-state index in [0.29, 0.717) is 28.5 Å². The second kappa shape index (κ2) is 9.81. The molecule has 0 aliphatic carbocycles. The number of benzene rings is 2. The van der Waals surface area contributed by atoms with E-state index in [1.54, 1.807) is 49.6 Å². The van der Waals surface area contributed by atoms with Gasteiger partial charge in [-0.15, -0.1) is 0 Å². The molecule has 0 atom stereocenters. The molecule has 0 aromatic heterocycles. The molecule has 0 aliphatic rings. The highest BCUT2D eigenvalue weighted by Crippen LogP contribution is 2.26. The lowest BCUT2D eigenvalue weighted by atomic mass is 10.2. The SMILES string of the molecule is COc1ccccc1NC(=O)CC(=O)NN=Cc1ccc(OC)c(OC)c1. The molecule has 142 valence electrons. The molecule has 8 heteroatoms. The summed E-state index contributed by atoms with van der Waals surface area (Å²) >= 11 is 0. The van der Waals surface area contributed by atoms with Crippen molar-refractivity contribution in [2.75, 3.05) is 26.6 Å². The van der Waals surface area contributed by atoms with E-state index >= 15 is 0 Å². The first-order chi connectivity index (χ1) is 13.1. The molecule has 0 unspecified atom stereocenters. The molecule has 0 saturated heterocycles. The average Bonchev–Trinajstić information content (AvgIpc) is 2.68. The van der Waals surface area contributed by atoms with E-state index in [2.05, 4.69) is 15.8 Å². The van der Waals surface area contributed by atoms with Crippen molar-refractivity contribution in [1.29, 1.82) is 0 Å². The normalized spacial score (nSPS) is 10.3. The number of rotatable bonds is 8. The zero-order chi connectivity index (χ0) is 19.6. The van der Waals surface area contributed by atoms with E-state index in [-0.39, 0.29) is 6.42 Å². The van der Waals surface area contributed by atoms with Crippen molar-refractivity contribution in [1.82, 2.24) is 5.43 Å². The third-order valence-electron chi connectivity index (χ3n) is 3.51. The second-order valence-corrected chi connectivity index (χ2v) is 5.33. The monoisotopic (exact) mass is 371 g/mol. The zero-order valence-corrected chi connectivity index (χ0v) is 15.3. The molecule has 2 aromatic rings. The molecule has 27 heavy (non-hydrogen) atoms. The first kappa shape index (κ1) is 19.8. The fourth-order valence-corrected chi connectivity index (χ4v) is 2.24. The van der Waals surface area contributed by atoms with E-state index in [4.69, 9.17) is 14.2 Å². The van der Waals surface area contributed by atoms with Crippen molar-refractivity contribution in [2.24, 2.45) is 5.10 Å². The van der Waals surface area contributed by atoms with Gasteiger partial charge in [0.05, 0.1) is 33.2 Å². The van der Waals surface area contributed by atoms with Gasteiger partial charge in [0.25, 0.3) is 0 Å². The number of hydrazone groups is 1. The number of methoxy groups -OCH3 is 3. The number of carbonyl (C=O) groups excluding carboxylic acids is 2. The summed E-state index contributed by atoms with van der Waals surface area (Å²) in [5.41, 5.74) is 3.50. The van der Waals surface area contributed by atoms with Crippen LogP contribution >= 0.6 is 0 Å². The molecule has 8 nitrogen and oxygen atoms in total. The lowest BCUT2D eigenvalue weighted by molar-refractivity contribution is -0.126. The highest BCUT2D eigenvalue weighted by Gasteiger charge is 2.11. The predicted molar refractivity (Wildman–Crippen MR) is 102 cm³/mol. The number of hydrogen-bond donors (Lipinski definition) is 2. The third-order valence-corrected chi connectivity index (χ3v) is 3.51. The summed E-state index contributed by atoms with van der Waals surface area (Å²) in [4.78, 5) is 23.8. The molecule has 2 amide bonds. The van der Waals surface area contributed by atoms with Gasteiger partial charge in [-0.1, -0.05) is 12.1 Å². The van der Waals surface area contributed by atoms with Crippen molar-refractivity contribution in [2.45, 2.75) is 6.42 Å². The van der Waals surface area contributed by atoms with Gasteiger partial charge in [0, 0.05) is 0 Å². The molecule has 2 N–H and O–H groups in total. The Morgan fingerprint density at radius 3 is 2.33 bits per heavy atom. The Labute approximate surface area is 157 Å². The summed E-state index contributed by atoms with van der Waals surface area (Å²) in [6, 6.07) is 12.1. The minimum Gasteiger partial charge on any atom is -0.495 e. The van der Waals surface area contributed by atoms with Crippen molar-refractivity contribution in [3.05, 3.63) is 48.0 Å². The molecule has 0 fully saturated rings. The van der Waals surface area contributed by atoms with E-state index in [1.165, 1.54) is 20.4 Å². The maximum Gasteiger partial charge on any atom is 0.249 e. The van der Waals surface area contributed by atoms with Crippen LogP contribution in [0.1, 0.15) is 12.0 Å². The minimum atomic E-state index is -0.542. The highest BCUT2D eigenvalue weighted by atomic mass is 16.5. The summed E-state index contributed by atoms with van der Waals surface area (Å²) in [7, 11) is 4.57. The molecular weight excluding hydrogens is 350 g/mol. The van der Waals surface area contributed by atoms with Crippen LogP contribution in [0.15, 0.2) is 47.6 Å². The number of nitrogens with one attached hydrogen (secondary N) is 2. The Kier molecular flexibility index (Phi) is 7.18. The van der Waals surface area contributed by atoms with E-state index in [0.717, 1.165) is 0 Å². The summed E-state index contributed by atoms with van der Waals surface area (Å²) in [5.74, 6) is 0.630. The maximum atomic E-state index is 12.0. The summed E-state index contributed by atoms with van der Waals surface area (Å²) in [6.07, 6.45) is 1.07. The lowest BCUT2D eigenvalue weighted by Crippen LogP contribution is -2.24. The number of amides is 2. The van der Waals surface area contributed by atoms with E-state index < -0.39 is 11.8 Å². The van der Waals surface area contributed by atoms with Gasteiger partial charge in [0.1, 0.15) is 12.2 Å². The Morgan fingerprint density at radius 2 is 1.63 bits per heavy atom. The zero-order valence-electron chi connectivity index (χ0n) is 15.3. The smallest absolute Gasteiger partial charge is 0.249 e. The summed E-state index contributed by atoms with van der Waals surface area (Å²) in [6.45, 7) is 0. The standard InChI is InChI=1S/C19H21N3O5/c1-25-15-7-5-4-6-14(15)21-18(23)11-19(24)22-20-12-13-8-9-16(26-2)17(10-13)27-3/h4-10,12H,11H2,1-3H3,(H,21,23)(H,22,24). The van der Waals surface area contributed by atoms with Crippen molar-refractivity contribution >= 4 is 23.7 Å². The van der Waals surface area contributed by atoms with Gasteiger partial charge >= 0.3 is 0 Å². The van der Waals surface area contributed by atoms with Crippen LogP contribution in [-0.2, 0) is 9.59 Å². The van der Waals surface area contributed by atoms with Crippen LogP contribution < -0.4 is 25.0 Å². The largest absolute Gasteiger partial charge is 0.495 e. The molecule has 0 spiro atoms. The Balaban J connectivity index is 1.88. The molecule has 0 bridgehead atoms. The topological polar surface area (TPSA) is 98.2 Å². The maximum absolute atomic E-state index is 12.0. The number of para-hydroxylation sites is 2. The van der Waals surface area contributed by atoms with Crippen molar-refractivity contribution in [3.63, 3.8) is 0 Å². The van der Waals surface area contributed by atoms with Gasteiger partial charge in [-0.05, 0) is 35.9 Å². The van der Waals surface area contributed by atoms with E-state index in [1.807, 2.05) is 0 Å². The fraction of sp³-hybridized carbons (Fsp3) is 0.211.